The number of hydrogen-bond donors (Lipinski definition) is 0. The van der Waals surface area contributed by atoms with Crippen LogP contribution in [-0.4, -0.2) is 15.2 Å². The normalized spacial score (nSPS) is 11.1. The van der Waals surface area contributed by atoms with Crippen LogP contribution in [0, 0.1) is 20.8 Å². The van der Waals surface area contributed by atoms with Crippen LogP contribution in [0.2, 0.25) is 0 Å². The van der Waals surface area contributed by atoms with Crippen LogP contribution in [-0.2, 0) is 0 Å². The van der Waals surface area contributed by atoms with Crippen molar-refractivity contribution < 1.29 is 0 Å². The molecule has 0 amide bonds. The molecule has 0 fully saturated rings. The van der Waals surface area contributed by atoms with Crippen molar-refractivity contribution in [2.24, 2.45) is 0 Å². The fourth-order valence-electron chi connectivity index (χ4n) is 2.00. The van der Waals surface area contributed by atoms with Crippen LogP contribution in [0.15, 0.2) is 24.4 Å². The molecule has 3 rings (SSSR count). The first-order valence-electron chi connectivity index (χ1n) is 5.81. The van der Waals surface area contributed by atoms with Gasteiger partial charge in [0.1, 0.15) is 0 Å². The monoisotopic (exact) mass is 255 g/mol. The lowest BCUT2D eigenvalue weighted by Gasteiger charge is -2.06. The highest BCUT2D eigenvalue weighted by molar-refractivity contribution is 7.18. The Hall–Kier alpha value is -1.81. The fraction of sp³-hybridized carbons (Fsp3) is 0.214. The summed E-state index contributed by atoms with van der Waals surface area (Å²) in [7, 11) is 0. The first-order valence-corrected chi connectivity index (χ1v) is 6.63. The summed E-state index contributed by atoms with van der Waals surface area (Å²) >= 11 is 1.72. The zero-order valence-electron chi connectivity index (χ0n) is 10.6. The van der Waals surface area contributed by atoms with Crippen molar-refractivity contribution in [1.82, 2.24) is 15.2 Å². The van der Waals surface area contributed by atoms with Gasteiger partial charge < -0.3 is 0 Å². The van der Waals surface area contributed by atoms with Crippen LogP contribution in [0.4, 0.5) is 0 Å². The fourth-order valence-corrected chi connectivity index (χ4v) is 2.80. The van der Waals surface area contributed by atoms with Gasteiger partial charge in [0.05, 0.1) is 27.1 Å². The number of aromatic nitrogens is 3. The Kier molecular flexibility index (Phi) is 2.59. The summed E-state index contributed by atoms with van der Waals surface area (Å²) in [5, 5.41) is 9.38. The molecule has 0 saturated heterocycles. The second kappa shape index (κ2) is 4.14. The minimum atomic E-state index is 0.947. The van der Waals surface area contributed by atoms with E-state index in [-0.39, 0.29) is 0 Å². The van der Waals surface area contributed by atoms with Gasteiger partial charge in [-0.05, 0) is 44.0 Å². The number of fused-ring (bicyclic) bond motifs is 1. The Labute approximate surface area is 110 Å². The summed E-state index contributed by atoms with van der Waals surface area (Å²) in [4.78, 5) is 4.52. The maximum Gasteiger partial charge on any atom is 0.0962 e. The highest BCUT2D eigenvalue weighted by Crippen LogP contribution is 2.28. The highest BCUT2D eigenvalue weighted by Gasteiger charge is 2.08. The lowest BCUT2D eigenvalue weighted by Crippen LogP contribution is -1.94. The van der Waals surface area contributed by atoms with Crippen molar-refractivity contribution >= 4 is 21.6 Å². The van der Waals surface area contributed by atoms with Gasteiger partial charge in [-0.15, -0.1) is 11.3 Å². The van der Waals surface area contributed by atoms with Gasteiger partial charge in [0.25, 0.3) is 0 Å². The SMILES string of the molecule is Cc1nc2cc(-c3nncc(C)c3C)ccc2s1. The standard InChI is InChI=1S/C14H13N3S/c1-8-7-15-17-14(9(8)2)11-4-5-13-12(6-11)16-10(3)18-13/h4-7H,1-3H3. The molecule has 3 nitrogen and oxygen atoms in total. The number of aryl methyl sites for hydroxylation is 2. The van der Waals surface area contributed by atoms with Crippen molar-refractivity contribution in [3.63, 3.8) is 0 Å². The van der Waals surface area contributed by atoms with Crippen LogP contribution in [0.5, 0.6) is 0 Å². The third-order valence-corrected chi connectivity index (χ3v) is 4.08. The lowest BCUT2D eigenvalue weighted by molar-refractivity contribution is 1.00. The predicted molar refractivity (Wildman–Crippen MR) is 74.9 cm³/mol. The molecule has 0 aliphatic carbocycles. The van der Waals surface area contributed by atoms with E-state index in [0.717, 1.165) is 27.3 Å². The molecule has 0 unspecified atom stereocenters. The Morgan fingerprint density at radius 1 is 1.11 bits per heavy atom. The molecule has 3 aromatic rings. The minimum absolute atomic E-state index is 0.947. The van der Waals surface area contributed by atoms with Gasteiger partial charge in [-0.2, -0.15) is 10.2 Å². The summed E-state index contributed by atoms with van der Waals surface area (Å²) in [5.74, 6) is 0. The van der Waals surface area contributed by atoms with Gasteiger partial charge >= 0.3 is 0 Å². The van der Waals surface area contributed by atoms with Gasteiger partial charge in [-0.1, -0.05) is 6.07 Å². The third kappa shape index (κ3) is 1.78. The molecule has 0 bridgehead atoms. The molecule has 2 heterocycles. The van der Waals surface area contributed by atoms with E-state index in [2.05, 4.69) is 47.2 Å². The molecule has 0 saturated carbocycles. The van der Waals surface area contributed by atoms with Crippen molar-refractivity contribution in [2.45, 2.75) is 20.8 Å². The van der Waals surface area contributed by atoms with Crippen molar-refractivity contribution in [3.8, 4) is 11.3 Å². The Morgan fingerprint density at radius 2 is 1.94 bits per heavy atom. The molecule has 0 atom stereocenters. The average molecular weight is 255 g/mol. The minimum Gasteiger partial charge on any atom is -0.241 e. The van der Waals surface area contributed by atoms with E-state index < -0.39 is 0 Å². The maximum atomic E-state index is 4.52. The van der Waals surface area contributed by atoms with E-state index in [1.54, 1.807) is 17.5 Å². The van der Waals surface area contributed by atoms with Gasteiger partial charge in [-0.25, -0.2) is 4.98 Å². The Balaban J connectivity index is 2.22. The number of benzene rings is 1. The molecule has 0 spiro atoms. The first kappa shape index (κ1) is 11.3. The Morgan fingerprint density at radius 3 is 2.78 bits per heavy atom. The molecule has 4 heteroatoms. The molecular formula is C14H13N3S. The molecule has 2 aromatic heterocycles. The van der Waals surface area contributed by atoms with Crippen molar-refractivity contribution in [2.75, 3.05) is 0 Å². The quantitative estimate of drug-likeness (QED) is 0.666. The number of thiazole rings is 1. The largest absolute Gasteiger partial charge is 0.241 e. The van der Waals surface area contributed by atoms with E-state index in [0.29, 0.717) is 0 Å². The van der Waals surface area contributed by atoms with E-state index in [4.69, 9.17) is 0 Å². The average Bonchev–Trinajstić information content (AvgIpc) is 2.71. The van der Waals surface area contributed by atoms with Gasteiger partial charge in [-0.3, -0.25) is 0 Å². The molecule has 0 aliphatic rings. The second-order valence-corrected chi connectivity index (χ2v) is 5.65. The highest BCUT2D eigenvalue weighted by atomic mass is 32.1. The van der Waals surface area contributed by atoms with Gasteiger partial charge in [0, 0.05) is 5.56 Å². The zero-order chi connectivity index (χ0) is 12.7. The molecule has 0 N–H and O–H groups in total. The van der Waals surface area contributed by atoms with Crippen molar-refractivity contribution in [1.29, 1.82) is 0 Å². The van der Waals surface area contributed by atoms with Crippen LogP contribution < -0.4 is 0 Å². The van der Waals surface area contributed by atoms with Crippen LogP contribution in [0.1, 0.15) is 16.1 Å². The summed E-state index contributed by atoms with van der Waals surface area (Å²) < 4.78 is 1.22. The zero-order valence-corrected chi connectivity index (χ0v) is 11.4. The van der Waals surface area contributed by atoms with E-state index >= 15 is 0 Å². The number of rotatable bonds is 1. The smallest absolute Gasteiger partial charge is 0.0962 e. The van der Waals surface area contributed by atoms with Crippen LogP contribution in [0.3, 0.4) is 0 Å². The molecule has 0 aliphatic heterocycles. The predicted octanol–water partition coefficient (Wildman–Crippen LogP) is 3.68. The van der Waals surface area contributed by atoms with Crippen LogP contribution >= 0.6 is 11.3 Å². The molecule has 1 aromatic carbocycles. The molecule has 0 radical (unpaired) electrons. The summed E-state index contributed by atoms with van der Waals surface area (Å²) in [6.07, 6.45) is 1.80. The van der Waals surface area contributed by atoms with Gasteiger partial charge in [0.15, 0.2) is 0 Å². The Bertz CT molecular complexity index is 731. The van der Waals surface area contributed by atoms with E-state index in [1.165, 1.54) is 10.3 Å². The summed E-state index contributed by atoms with van der Waals surface area (Å²) in [6, 6.07) is 6.30. The summed E-state index contributed by atoms with van der Waals surface area (Å²) in [6.45, 7) is 6.16. The molecular weight excluding hydrogens is 242 g/mol. The number of hydrogen-bond acceptors (Lipinski definition) is 4. The van der Waals surface area contributed by atoms with Gasteiger partial charge in [0.2, 0.25) is 0 Å². The van der Waals surface area contributed by atoms with Crippen molar-refractivity contribution in [3.05, 3.63) is 40.5 Å². The molecule has 18 heavy (non-hydrogen) atoms. The third-order valence-electron chi connectivity index (χ3n) is 3.12. The first-order chi connectivity index (χ1) is 8.65. The maximum absolute atomic E-state index is 4.52. The molecule has 90 valence electrons. The number of nitrogens with zero attached hydrogens (tertiary/aromatic N) is 3. The topological polar surface area (TPSA) is 38.7 Å². The van der Waals surface area contributed by atoms with Crippen LogP contribution in [0.25, 0.3) is 21.5 Å². The lowest BCUT2D eigenvalue weighted by atomic mass is 10.0. The summed E-state index contributed by atoms with van der Waals surface area (Å²) in [5.41, 5.74) is 5.41. The second-order valence-electron chi connectivity index (χ2n) is 4.42. The van der Waals surface area contributed by atoms with E-state index in [9.17, 15) is 0 Å². The van der Waals surface area contributed by atoms with E-state index in [1.807, 2.05) is 6.92 Å².